The molecule has 0 radical (unpaired) electrons. The van der Waals surface area contributed by atoms with Crippen LogP contribution in [0.3, 0.4) is 0 Å². The number of carbonyl (C=O) groups is 1. The van der Waals surface area contributed by atoms with E-state index < -0.39 is 11.7 Å². The summed E-state index contributed by atoms with van der Waals surface area (Å²) in [6.07, 6.45) is 0. The number of ether oxygens (including phenoxy) is 2. The third-order valence-corrected chi connectivity index (χ3v) is 3.86. The normalized spacial score (nSPS) is 12.3. The fourth-order valence-corrected chi connectivity index (χ4v) is 2.61. The Hall–Kier alpha value is -1.79. The van der Waals surface area contributed by atoms with Crippen LogP contribution in [-0.2, 0) is 0 Å². The summed E-state index contributed by atoms with van der Waals surface area (Å²) in [6.45, 7) is 0.118. The highest BCUT2D eigenvalue weighted by Crippen LogP contribution is 2.39. The Morgan fingerprint density at radius 2 is 1.95 bits per heavy atom. The molecule has 1 heterocycles. The van der Waals surface area contributed by atoms with Crippen molar-refractivity contribution in [1.29, 1.82) is 0 Å². The van der Waals surface area contributed by atoms with Crippen molar-refractivity contribution in [3.63, 3.8) is 0 Å². The van der Waals surface area contributed by atoms with Gasteiger partial charge in [0.1, 0.15) is 5.82 Å². The molecule has 0 saturated carbocycles. The average molecular weight is 373 g/mol. The number of fused-ring (bicyclic) bond motifs is 1. The van der Waals surface area contributed by atoms with Gasteiger partial charge in [-0.2, -0.15) is 0 Å². The maximum atomic E-state index is 13.0. The van der Waals surface area contributed by atoms with Gasteiger partial charge in [-0.1, -0.05) is 11.6 Å². The zero-order valence-electron chi connectivity index (χ0n) is 10.5. The molecular formula is C14H8BrClFNO3. The Bertz CT molecular complexity index is 738. The maximum absolute atomic E-state index is 13.0. The standard InChI is InChI=1S/C14H8BrClFNO3/c15-9-3-7(17)1-2-8(9)14(19)18-11-5-13-12(4-10(11)16)20-6-21-13/h1-5H,6H2,(H,18,19). The van der Waals surface area contributed by atoms with Gasteiger partial charge in [-0.15, -0.1) is 0 Å². The Balaban J connectivity index is 1.88. The molecule has 1 aliphatic rings. The largest absolute Gasteiger partial charge is 0.454 e. The first-order chi connectivity index (χ1) is 10.0. The van der Waals surface area contributed by atoms with Gasteiger partial charge < -0.3 is 14.8 Å². The minimum absolute atomic E-state index is 0.118. The zero-order chi connectivity index (χ0) is 15.0. The molecule has 1 aliphatic heterocycles. The van der Waals surface area contributed by atoms with Gasteiger partial charge in [0, 0.05) is 16.6 Å². The van der Waals surface area contributed by atoms with Crippen LogP contribution in [0.2, 0.25) is 5.02 Å². The molecule has 0 spiro atoms. The molecule has 0 bridgehead atoms. The lowest BCUT2D eigenvalue weighted by Gasteiger charge is -2.09. The smallest absolute Gasteiger partial charge is 0.256 e. The number of rotatable bonds is 2. The Kier molecular flexibility index (Phi) is 3.73. The maximum Gasteiger partial charge on any atom is 0.256 e. The van der Waals surface area contributed by atoms with Crippen molar-refractivity contribution in [2.24, 2.45) is 0 Å². The predicted molar refractivity (Wildman–Crippen MR) is 79.6 cm³/mol. The third-order valence-electron chi connectivity index (χ3n) is 2.89. The monoisotopic (exact) mass is 371 g/mol. The van der Waals surface area contributed by atoms with Gasteiger partial charge in [0.05, 0.1) is 16.3 Å². The van der Waals surface area contributed by atoms with Gasteiger partial charge in [0.2, 0.25) is 6.79 Å². The molecule has 0 saturated heterocycles. The van der Waals surface area contributed by atoms with Gasteiger partial charge in [-0.25, -0.2) is 4.39 Å². The fraction of sp³-hybridized carbons (Fsp3) is 0.0714. The summed E-state index contributed by atoms with van der Waals surface area (Å²) < 4.78 is 23.8. The molecule has 2 aromatic rings. The van der Waals surface area contributed by atoms with Crippen LogP contribution < -0.4 is 14.8 Å². The summed E-state index contributed by atoms with van der Waals surface area (Å²) in [6, 6.07) is 6.96. The van der Waals surface area contributed by atoms with E-state index in [-0.39, 0.29) is 6.79 Å². The van der Waals surface area contributed by atoms with E-state index in [4.69, 9.17) is 21.1 Å². The van der Waals surface area contributed by atoms with Crippen LogP contribution in [0.25, 0.3) is 0 Å². The molecule has 3 rings (SSSR count). The Morgan fingerprint density at radius 3 is 2.67 bits per heavy atom. The minimum Gasteiger partial charge on any atom is -0.454 e. The fourth-order valence-electron chi connectivity index (χ4n) is 1.88. The first-order valence-electron chi connectivity index (χ1n) is 5.90. The summed E-state index contributed by atoms with van der Waals surface area (Å²) in [7, 11) is 0. The second kappa shape index (κ2) is 5.54. The van der Waals surface area contributed by atoms with Crippen molar-refractivity contribution >= 4 is 39.1 Å². The second-order valence-electron chi connectivity index (χ2n) is 4.26. The van der Waals surface area contributed by atoms with Crippen LogP contribution in [0.1, 0.15) is 10.4 Å². The third kappa shape index (κ3) is 2.82. The summed E-state index contributed by atoms with van der Waals surface area (Å²) in [5.41, 5.74) is 0.687. The number of carbonyl (C=O) groups excluding carboxylic acids is 1. The van der Waals surface area contributed by atoms with Crippen LogP contribution in [0.5, 0.6) is 11.5 Å². The quantitative estimate of drug-likeness (QED) is 0.858. The lowest BCUT2D eigenvalue weighted by molar-refractivity contribution is 0.102. The molecule has 0 unspecified atom stereocenters. The van der Waals surface area contributed by atoms with E-state index in [1.807, 2.05) is 0 Å². The molecule has 2 aromatic carbocycles. The van der Waals surface area contributed by atoms with Crippen LogP contribution >= 0.6 is 27.5 Å². The van der Waals surface area contributed by atoms with Crippen molar-refractivity contribution in [2.45, 2.75) is 0 Å². The second-order valence-corrected chi connectivity index (χ2v) is 5.53. The first-order valence-corrected chi connectivity index (χ1v) is 7.07. The van der Waals surface area contributed by atoms with Crippen LogP contribution in [-0.4, -0.2) is 12.7 Å². The Morgan fingerprint density at radius 1 is 1.24 bits per heavy atom. The lowest BCUT2D eigenvalue weighted by atomic mass is 10.2. The van der Waals surface area contributed by atoms with Crippen LogP contribution in [0.4, 0.5) is 10.1 Å². The van der Waals surface area contributed by atoms with E-state index in [2.05, 4.69) is 21.2 Å². The molecule has 0 fully saturated rings. The number of benzene rings is 2. The molecule has 0 aliphatic carbocycles. The minimum atomic E-state index is -0.431. The van der Waals surface area contributed by atoms with Gasteiger partial charge >= 0.3 is 0 Å². The van der Waals surface area contributed by atoms with E-state index in [1.54, 1.807) is 12.1 Å². The molecule has 1 amide bonds. The van der Waals surface area contributed by atoms with E-state index in [1.165, 1.54) is 18.2 Å². The van der Waals surface area contributed by atoms with E-state index in [0.717, 1.165) is 0 Å². The average Bonchev–Trinajstić information content (AvgIpc) is 2.86. The zero-order valence-corrected chi connectivity index (χ0v) is 12.8. The number of halogens is 3. The van der Waals surface area contributed by atoms with Gasteiger partial charge in [-0.3, -0.25) is 4.79 Å². The summed E-state index contributed by atoms with van der Waals surface area (Å²) in [4.78, 5) is 12.2. The summed E-state index contributed by atoms with van der Waals surface area (Å²) in [5.74, 6) is 0.191. The molecule has 1 N–H and O–H groups in total. The molecule has 0 atom stereocenters. The van der Waals surface area contributed by atoms with Gasteiger partial charge in [-0.05, 0) is 34.1 Å². The molecule has 108 valence electrons. The highest BCUT2D eigenvalue weighted by Gasteiger charge is 2.19. The molecule has 21 heavy (non-hydrogen) atoms. The SMILES string of the molecule is O=C(Nc1cc2c(cc1Cl)OCO2)c1ccc(F)cc1Br. The number of hydrogen-bond acceptors (Lipinski definition) is 3. The highest BCUT2D eigenvalue weighted by molar-refractivity contribution is 9.10. The van der Waals surface area contributed by atoms with Crippen molar-refractivity contribution in [3.05, 3.63) is 51.2 Å². The van der Waals surface area contributed by atoms with Crippen molar-refractivity contribution in [3.8, 4) is 11.5 Å². The van der Waals surface area contributed by atoms with E-state index in [0.29, 0.717) is 32.2 Å². The number of anilines is 1. The van der Waals surface area contributed by atoms with E-state index in [9.17, 15) is 9.18 Å². The van der Waals surface area contributed by atoms with Crippen LogP contribution in [0.15, 0.2) is 34.8 Å². The lowest BCUT2D eigenvalue weighted by Crippen LogP contribution is -2.13. The molecule has 4 nitrogen and oxygen atoms in total. The van der Waals surface area contributed by atoms with Crippen molar-refractivity contribution < 1.29 is 18.7 Å². The van der Waals surface area contributed by atoms with Crippen LogP contribution in [0, 0.1) is 5.82 Å². The molecule has 7 heteroatoms. The number of nitrogens with one attached hydrogen (secondary N) is 1. The van der Waals surface area contributed by atoms with E-state index >= 15 is 0 Å². The molecular weight excluding hydrogens is 365 g/mol. The Labute approximate surface area is 132 Å². The summed E-state index contributed by atoms with van der Waals surface area (Å²) in [5, 5.41) is 2.98. The number of hydrogen-bond donors (Lipinski definition) is 1. The summed E-state index contributed by atoms with van der Waals surface area (Å²) >= 11 is 9.23. The number of amides is 1. The molecule has 0 aromatic heterocycles. The van der Waals surface area contributed by atoms with Gasteiger partial charge in [0.25, 0.3) is 5.91 Å². The topological polar surface area (TPSA) is 47.6 Å². The van der Waals surface area contributed by atoms with Crippen molar-refractivity contribution in [2.75, 3.05) is 12.1 Å². The highest BCUT2D eigenvalue weighted by atomic mass is 79.9. The van der Waals surface area contributed by atoms with Crippen molar-refractivity contribution in [1.82, 2.24) is 0 Å². The van der Waals surface area contributed by atoms with Gasteiger partial charge in [0.15, 0.2) is 11.5 Å². The first kappa shape index (κ1) is 14.2. The predicted octanol–water partition coefficient (Wildman–Crippen LogP) is 4.22.